The fourth-order valence-corrected chi connectivity index (χ4v) is 2.99. The summed E-state index contributed by atoms with van der Waals surface area (Å²) in [6.45, 7) is 1.56. The maximum Gasteiger partial charge on any atom is 0.414 e. The summed E-state index contributed by atoms with van der Waals surface area (Å²) in [6, 6.07) is 22.5. The standard InChI is InChI=1S/C23H26N2O2.C2H2O4/c1-25(2)16-7-17-27-24-23(19-12-14-20(26-3)15-13-19)22-11-6-9-18-8-4-5-10-21(18)22;3-1(4)2(5)6/h4-6,8-15H,7,16-17H2,1-3H3;(H,3,4)(H,5,6). The number of carboxylic acid groups (broad SMARTS) is 2. The van der Waals surface area contributed by atoms with E-state index in [1.165, 1.54) is 5.39 Å². The van der Waals surface area contributed by atoms with E-state index in [-0.39, 0.29) is 0 Å². The van der Waals surface area contributed by atoms with Gasteiger partial charge in [-0.2, -0.15) is 0 Å². The average molecular weight is 453 g/mol. The monoisotopic (exact) mass is 452 g/mol. The summed E-state index contributed by atoms with van der Waals surface area (Å²) in [5, 5.41) is 21.6. The number of ether oxygens (including phenoxy) is 1. The Morgan fingerprint density at radius 3 is 2.15 bits per heavy atom. The first kappa shape index (κ1) is 25.4. The molecule has 0 atom stereocenters. The van der Waals surface area contributed by atoms with Crippen molar-refractivity contribution in [1.29, 1.82) is 0 Å². The van der Waals surface area contributed by atoms with Crippen LogP contribution in [-0.2, 0) is 14.4 Å². The molecule has 0 saturated carbocycles. The number of aliphatic carboxylic acids is 2. The number of nitrogens with zero attached hydrogens (tertiary/aromatic N) is 2. The smallest absolute Gasteiger partial charge is 0.414 e. The lowest BCUT2D eigenvalue weighted by atomic mass is 9.96. The van der Waals surface area contributed by atoms with Gasteiger partial charge in [-0.1, -0.05) is 47.6 Å². The Bertz CT molecular complexity index is 1080. The number of carboxylic acids is 2. The molecule has 0 bridgehead atoms. The molecule has 0 unspecified atom stereocenters. The molecule has 0 amide bonds. The van der Waals surface area contributed by atoms with E-state index in [1.807, 2.05) is 30.3 Å². The van der Waals surface area contributed by atoms with Gasteiger partial charge >= 0.3 is 11.9 Å². The minimum atomic E-state index is -1.82. The molecule has 8 heteroatoms. The van der Waals surface area contributed by atoms with Crippen molar-refractivity contribution >= 4 is 28.4 Å². The summed E-state index contributed by atoms with van der Waals surface area (Å²) < 4.78 is 5.28. The van der Waals surface area contributed by atoms with Crippen LogP contribution in [-0.4, -0.2) is 67.1 Å². The average Bonchev–Trinajstić information content (AvgIpc) is 2.81. The van der Waals surface area contributed by atoms with Gasteiger partial charge in [0.1, 0.15) is 18.1 Å². The van der Waals surface area contributed by atoms with Gasteiger partial charge in [0.05, 0.1) is 7.11 Å². The van der Waals surface area contributed by atoms with Crippen molar-refractivity contribution in [2.24, 2.45) is 5.16 Å². The Morgan fingerprint density at radius 1 is 0.909 bits per heavy atom. The van der Waals surface area contributed by atoms with Crippen LogP contribution in [0.1, 0.15) is 17.5 Å². The number of fused-ring (bicyclic) bond motifs is 1. The zero-order chi connectivity index (χ0) is 24.2. The molecule has 0 spiro atoms. The summed E-state index contributed by atoms with van der Waals surface area (Å²) in [5.41, 5.74) is 2.89. The quantitative estimate of drug-likeness (QED) is 0.232. The van der Waals surface area contributed by atoms with Crippen LogP contribution in [0.4, 0.5) is 0 Å². The van der Waals surface area contributed by atoms with Crippen LogP contribution >= 0.6 is 0 Å². The predicted molar refractivity (Wildman–Crippen MR) is 127 cm³/mol. The van der Waals surface area contributed by atoms with Crippen LogP contribution in [0.3, 0.4) is 0 Å². The molecule has 3 rings (SSSR count). The third-order valence-corrected chi connectivity index (χ3v) is 4.59. The molecule has 0 aliphatic rings. The van der Waals surface area contributed by atoms with Crippen LogP contribution in [0.15, 0.2) is 71.9 Å². The van der Waals surface area contributed by atoms with Gasteiger partial charge in [0.25, 0.3) is 0 Å². The van der Waals surface area contributed by atoms with Gasteiger partial charge in [-0.05, 0) is 55.6 Å². The third-order valence-electron chi connectivity index (χ3n) is 4.59. The third kappa shape index (κ3) is 7.93. The normalized spacial score (nSPS) is 11.0. The summed E-state index contributed by atoms with van der Waals surface area (Å²) in [7, 11) is 5.78. The first-order valence-electron chi connectivity index (χ1n) is 10.3. The van der Waals surface area contributed by atoms with E-state index in [0.29, 0.717) is 6.61 Å². The van der Waals surface area contributed by atoms with Crippen molar-refractivity contribution in [2.75, 3.05) is 34.4 Å². The number of benzene rings is 3. The highest BCUT2D eigenvalue weighted by Crippen LogP contribution is 2.23. The van der Waals surface area contributed by atoms with Gasteiger partial charge < -0.3 is 24.7 Å². The highest BCUT2D eigenvalue weighted by Gasteiger charge is 2.12. The van der Waals surface area contributed by atoms with E-state index in [9.17, 15) is 0 Å². The number of hydrogen-bond acceptors (Lipinski definition) is 6. The minimum absolute atomic E-state index is 0.586. The Morgan fingerprint density at radius 2 is 1.55 bits per heavy atom. The largest absolute Gasteiger partial charge is 0.497 e. The number of oxime groups is 1. The van der Waals surface area contributed by atoms with Gasteiger partial charge in [-0.25, -0.2) is 9.59 Å². The molecule has 0 aliphatic carbocycles. The van der Waals surface area contributed by atoms with Gasteiger partial charge in [0.15, 0.2) is 0 Å². The van der Waals surface area contributed by atoms with Gasteiger partial charge in [0.2, 0.25) is 0 Å². The topological polar surface area (TPSA) is 109 Å². The molecule has 2 N–H and O–H groups in total. The van der Waals surface area contributed by atoms with Gasteiger partial charge in [-0.3, -0.25) is 0 Å². The second kappa shape index (κ2) is 12.8. The number of hydrogen-bond donors (Lipinski definition) is 2. The highest BCUT2D eigenvalue weighted by molar-refractivity contribution is 6.27. The van der Waals surface area contributed by atoms with Crippen LogP contribution in [0.5, 0.6) is 5.75 Å². The number of methoxy groups -OCH3 is 1. The maximum absolute atomic E-state index is 9.10. The van der Waals surface area contributed by atoms with Crippen molar-refractivity contribution < 1.29 is 29.4 Å². The summed E-state index contributed by atoms with van der Waals surface area (Å²) in [5.74, 6) is -2.83. The molecule has 0 fully saturated rings. The Balaban J connectivity index is 0.000000569. The van der Waals surface area contributed by atoms with E-state index in [0.717, 1.165) is 40.9 Å². The zero-order valence-electron chi connectivity index (χ0n) is 18.9. The number of carbonyl (C=O) groups is 2. The Hall–Kier alpha value is -3.91. The maximum atomic E-state index is 9.10. The Labute approximate surface area is 192 Å². The lowest BCUT2D eigenvalue weighted by Crippen LogP contribution is -2.14. The molecule has 0 aliphatic heterocycles. The van der Waals surface area contributed by atoms with Crippen LogP contribution in [0.25, 0.3) is 10.8 Å². The molecule has 0 radical (unpaired) electrons. The lowest BCUT2D eigenvalue weighted by molar-refractivity contribution is -0.159. The first-order valence-corrected chi connectivity index (χ1v) is 10.3. The van der Waals surface area contributed by atoms with Gasteiger partial charge in [0, 0.05) is 17.7 Å². The summed E-state index contributed by atoms with van der Waals surface area (Å²) >= 11 is 0. The van der Waals surface area contributed by atoms with E-state index >= 15 is 0 Å². The molecule has 174 valence electrons. The van der Waals surface area contributed by atoms with Crippen LogP contribution < -0.4 is 4.74 Å². The fourth-order valence-electron chi connectivity index (χ4n) is 2.99. The van der Waals surface area contributed by atoms with Gasteiger partial charge in [-0.15, -0.1) is 0 Å². The van der Waals surface area contributed by atoms with E-state index in [1.54, 1.807) is 7.11 Å². The second-order valence-electron chi connectivity index (χ2n) is 7.30. The van der Waals surface area contributed by atoms with Crippen molar-refractivity contribution in [3.05, 3.63) is 77.9 Å². The SMILES string of the molecule is COc1ccc(C(=NOCCCN(C)C)c2cccc3ccccc23)cc1.O=C(O)C(=O)O. The van der Waals surface area contributed by atoms with Crippen LogP contribution in [0.2, 0.25) is 0 Å². The highest BCUT2D eigenvalue weighted by atomic mass is 16.6. The molecule has 8 nitrogen and oxygen atoms in total. The minimum Gasteiger partial charge on any atom is -0.497 e. The van der Waals surface area contributed by atoms with E-state index in [4.69, 9.17) is 29.4 Å². The molecule has 33 heavy (non-hydrogen) atoms. The zero-order valence-corrected chi connectivity index (χ0v) is 18.9. The first-order chi connectivity index (χ1) is 15.8. The van der Waals surface area contributed by atoms with Crippen molar-refractivity contribution in [3.63, 3.8) is 0 Å². The molecule has 0 heterocycles. The molecule has 0 saturated heterocycles. The second-order valence-corrected chi connectivity index (χ2v) is 7.30. The number of rotatable bonds is 8. The molecular formula is C25H28N2O6. The molecular weight excluding hydrogens is 424 g/mol. The summed E-state index contributed by atoms with van der Waals surface area (Å²) in [6.07, 6.45) is 0.932. The Kier molecular flexibility index (Phi) is 9.85. The van der Waals surface area contributed by atoms with Crippen molar-refractivity contribution in [2.45, 2.75) is 6.42 Å². The predicted octanol–water partition coefficient (Wildman–Crippen LogP) is 3.72. The summed E-state index contributed by atoms with van der Waals surface area (Å²) in [4.78, 5) is 26.0. The molecule has 0 aromatic heterocycles. The lowest BCUT2D eigenvalue weighted by Gasteiger charge is -2.12. The van der Waals surface area contributed by atoms with E-state index < -0.39 is 11.9 Å². The van der Waals surface area contributed by atoms with Crippen LogP contribution in [0, 0.1) is 0 Å². The molecule has 3 aromatic carbocycles. The van der Waals surface area contributed by atoms with Crippen molar-refractivity contribution in [3.8, 4) is 5.75 Å². The van der Waals surface area contributed by atoms with Crippen molar-refractivity contribution in [1.82, 2.24) is 4.90 Å². The molecule has 3 aromatic rings. The van der Waals surface area contributed by atoms with E-state index in [2.05, 4.69) is 60.5 Å². The fraction of sp³-hybridized carbons (Fsp3) is 0.240.